The van der Waals surface area contributed by atoms with Crippen LogP contribution in [0.15, 0.2) is 35.9 Å². The van der Waals surface area contributed by atoms with Crippen molar-refractivity contribution in [1.82, 2.24) is 0 Å². The van der Waals surface area contributed by atoms with Gasteiger partial charge in [0.2, 0.25) is 5.75 Å². The van der Waals surface area contributed by atoms with Crippen molar-refractivity contribution in [2.75, 3.05) is 0 Å². The van der Waals surface area contributed by atoms with E-state index in [1.807, 2.05) is 19.9 Å². The number of phenolic OH excluding ortho intramolecular Hbond substituents is 4. The zero-order valence-corrected chi connectivity index (χ0v) is 14.5. The molecule has 0 amide bonds. The van der Waals surface area contributed by atoms with E-state index in [1.165, 1.54) is 6.07 Å². The number of Topliss-reactive ketones (excluding diaryl/α,β-unsaturated/α-hetero) is 1. The minimum Gasteiger partial charge on any atom is -0.508 e. The molecule has 2 aromatic rings. The summed E-state index contributed by atoms with van der Waals surface area (Å²) in [5, 5.41) is 39.6. The Balaban J connectivity index is 1.99. The highest BCUT2D eigenvalue weighted by atomic mass is 16.5. The second kappa shape index (κ2) is 6.63. The summed E-state index contributed by atoms with van der Waals surface area (Å²) in [5.41, 5.74) is 2.32. The van der Waals surface area contributed by atoms with Gasteiger partial charge in [-0.1, -0.05) is 17.7 Å². The quantitative estimate of drug-likeness (QED) is 0.379. The summed E-state index contributed by atoms with van der Waals surface area (Å²) >= 11 is 0. The fourth-order valence-electron chi connectivity index (χ4n) is 2.93. The molecule has 1 unspecified atom stereocenters. The molecular weight excluding hydrogens is 336 g/mol. The number of ketones is 1. The molecule has 1 aliphatic rings. The van der Waals surface area contributed by atoms with E-state index in [-0.39, 0.29) is 23.5 Å². The van der Waals surface area contributed by atoms with Crippen molar-refractivity contribution in [3.05, 3.63) is 52.6 Å². The second-order valence-corrected chi connectivity index (χ2v) is 6.58. The number of rotatable bonds is 3. The monoisotopic (exact) mass is 356 g/mol. The number of hydrogen-bond acceptors (Lipinski definition) is 6. The molecule has 4 N–H and O–H groups in total. The molecule has 0 radical (unpaired) electrons. The lowest BCUT2D eigenvalue weighted by atomic mass is 9.93. The summed E-state index contributed by atoms with van der Waals surface area (Å²) in [4.78, 5) is 12.4. The van der Waals surface area contributed by atoms with Crippen LogP contribution >= 0.6 is 0 Å². The van der Waals surface area contributed by atoms with E-state index in [1.54, 1.807) is 12.1 Å². The van der Waals surface area contributed by atoms with E-state index in [0.717, 1.165) is 11.6 Å². The van der Waals surface area contributed by atoms with E-state index >= 15 is 0 Å². The molecule has 1 heterocycles. The molecule has 6 nitrogen and oxygen atoms in total. The molecule has 0 saturated heterocycles. The predicted octanol–water partition coefficient (Wildman–Crippen LogP) is 3.72. The second-order valence-electron chi connectivity index (χ2n) is 6.58. The van der Waals surface area contributed by atoms with Crippen molar-refractivity contribution in [2.45, 2.75) is 32.8 Å². The van der Waals surface area contributed by atoms with E-state index in [0.29, 0.717) is 17.5 Å². The molecule has 6 heteroatoms. The first kappa shape index (κ1) is 17.7. The molecule has 0 bridgehead atoms. The highest BCUT2D eigenvalue weighted by Crippen LogP contribution is 2.49. The first-order chi connectivity index (χ1) is 12.3. The molecular formula is C20H20O6. The average molecular weight is 356 g/mol. The van der Waals surface area contributed by atoms with Crippen LogP contribution in [-0.2, 0) is 6.42 Å². The van der Waals surface area contributed by atoms with Gasteiger partial charge in [0, 0.05) is 6.07 Å². The van der Waals surface area contributed by atoms with Crippen LogP contribution in [0.1, 0.15) is 47.9 Å². The van der Waals surface area contributed by atoms with Gasteiger partial charge in [-0.05, 0) is 43.5 Å². The van der Waals surface area contributed by atoms with Crippen LogP contribution in [0.25, 0.3) is 0 Å². The lowest BCUT2D eigenvalue weighted by Crippen LogP contribution is -2.20. The third-order valence-corrected chi connectivity index (χ3v) is 4.33. The molecule has 136 valence electrons. The number of carbonyl (C=O) groups is 1. The lowest BCUT2D eigenvalue weighted by Gasteiger charge is -2.27. The molecule has 2 aromatic carbocycles. The van der Waals surface area contributed by atoms with Crippen LogP contribution in [0.5, 0.6) is 28.7 Å². The molecule has 0 aromatic heterocycles. The molecule has 26 heavy (non-hydrogen) atoms. The Kier molecular flexibility index (Phi) is 4.50. The lowest BCUT2D eigenvalue weighted by molar-refractivity contribution is 0.0836. The average Bonchev–Trinajstić information content (AvgIpc) is 2.58. The number of phenols is 4. The van der Waals surface area contributed by atoms with Gasteiger partial charge in [0.25, 0.3) is 0 Å². The van der Waals surface area contributed by atoms with Crippen LogP contribution in [0.3, 0.4) is 0 Å². The van der Waals surface area contributed by atoms with Crippen molar-refractivity contribution in [3.63, 3.8) is 0 Å². The number of hydrogen-bond donors (Lipinski definition) is 4. The van der Waals surface area contributed by atoms with Crippen molar-refractivity contribution >= 4 is 5.78 Å². The maximum Gasteiger partial charge on any atom is 0.201 e. The third kappa shape index (κ3) is 3.18. The zero-order chi connectivity index (χ0) is 19.0. The number of fused-ring (bicyclic) bond motifs is 1. The first-order valence-corrected chi connectivity index (χ1v) is 8.20. The van der Waals surface area contributed by atoms with Crippen LogP contribution in [0.4, 0.5) is 0 Å². The highest BCUT2D eigenvalue weighted by Gasteiger charge is 2.34. The Morgan fingerprint density at radius 3 is 2.54 bits per heavy atom. The summed E-state index contributed by atoms with van der Waals surface area (Å²) in [6.07, 6.45) is 1.78. The number of aromatic hydroxyl groups is 4. The van der Waals surface area contributed by atoms with Crippen LogP contribution in [0, 0.1) is 0 Å². The molecule has 0 aliphatic carbocycles. The fourth-order valence-corrected chi connectivity index (χ4v) is 2.93. The zero-order valence-electron chi connectivity index (χ0n) is 14.5. The normalized spacial score (nSPS) is 15.9. The third-order valence-electron chi connectivity index (χ3n) is 4.33. The smallest absolute Gasteiger partial charge is 0.201 e. The number of benzene rings is 2. The number of carbonyl (C=O) groups excluding carboxylic acids is 1. The van der Waals surface area contributed by atoms with Crippen molar-refractivity contribution in [1.29, 1.82) is 0 Å². The summed E-state index contributed by atoms with van der Waals surface area (Å²) in [6, 6.07) is 5.84. The first-order valence-electron chi connectivity index (χ1n) is 8.20. The Morgan fingerprint density at radius 2 is 1.85 bits per heavy atom. The van der Waals surface area contributed by atoms with Gasteiger partial charge in [0.15, 0.2) is 17.3 Å². The molecule has 0 saturated carbocycles. The largest absolute Gasteiger partial charge is 0.508 e. The van der Waals surface area contributed by atoms with Crippen molar-refractivity contribution < 1.29 is 30.0 Å². The molecule has 3 rings (SSSR count). The SMILES string of the molecule is CC(C)=CCc1cc(C2CC(=O)c3c(O)cc(O)c(O)c3O2)ccc1O. The molecule has 0 spiro atoms. The molecule has 0 fully saturated rings. The van der Waals surface area contributed by atoms with Gasteiger partial charge >= 0.3 is 0 Å². The summed E-state index contributed by atoms with van der Waals surface area (Å²) in [6.45, 7) is 3.92. The maximum absolute atomic E-state index is 12.4. The Morgan fingerprint density at radius 1 is 1.12 bits per heavy atom. The van der Waals surface area contributed by atoms with Gasteiger partial charge in [-0.25, -0.2) is 0 Å². The Hall–Kier alpha value is -3.15. The molecule has 1 atom stereocenters. The Bertz CT molecular complexity index is 909. The topological polar surface area (TPSA) is 107 Å². The summed E-state index contributed by atoms with van der Waals surface area (Å²) in [7, 11) is 0. The summed E-state index contributed by atoms with van der Waals surface area (Å²) < 4.78 is 5.71. The van der Waals surface area contributed by atoms with Crippen LogP contribution < -0.4 is 4.74 Å². The van der Waals surface area contributed by atoms with Gasteiger partial charge in [-0.3, -0.25) is 4.79 Å². The van der Waals surface area contributed by atoms with Gasteiger partial charge in [0.1, 0.15) is 23.2 Å². The van der Waals surface area contributed by atoms with E-state index in [4.69, 9.17) is 4.74 Å². The minimum atomic E-state index is -0.701. The Labute approximate surface area is 150 Å². The summed E-state index contributed by atoms with van der Waals surface area (Å²) in [5.74, 6) is -2.07. The van der Waals surface area contributed by atoms with E-state index in [2.05, 4.69) is 0 Å². The van der Waals surface area contributed by atoms with Gasteiger partial charge < -0.3 is 25.2 Å². The minimum absolute atomic E-state index is 0.0301. The van der Waals surface area contributed by atoms with Crippen molar-refractivity contribution in [2.24, 2.45) is 0 Å². The van der Waals surface area contributed by atoms with Gasteiger partial charge in [0.05, 0.1) is 6.42 Å². The van der Waals surface area contributed by atoms with Gasteiger partial charge in [-0.15, -0.1) is 0 Å². The molecule has 1 aliphatic heterocycles. The standard InChI is InChI=1S/C20H20O6/c1-10(2)3-4-11-7-12(5-6-13(11)21)17-9-15(23)18-14(22)8-16(24)19(25)20(18)26-17/h3,5-8,17,21-22,24-25H,4,9H2,1-2H3. The van der Waals surface area contributed by atoms with Gasteiger partial charge in [-0.2, -0.15) is 0 Å². The fraction of sp³-hybridized carbons (Fsp3) is 0.250. The highest BCUT2D eigenvalue weighted by molar-refractivity contribution is 6.03. The number of allylic oxidation sites excluding steroid dienone is 2. The van der Waals surface area contributed by atoms with E-state index in [9.17, 15) is 25.2 Å². The van der Waals surface area contributed by atoms with Crippen molar-refractivity contribution in [3.8, 4) is 28.7 Å². The van der Waals surface area contributed by atoms with Crippen LogP contribution in [0.2, 0.25) is 0 Å². The maximum atomic E-state index is 12.4. The van der Waals surface area contributed by atoms with Crippen LogP contribution in [-0.4, -0.2) is 26.2 Å². The number of ether oxygens (including phenoxy) is 1. The predicted molar refractivity (Wildman–Crippen MR) is 95.0 cm³/mol. The van der Waals surface area contributed by atoms with E-state index < -0.39 is 29.1 Å².